The summed E-state index contributed by atoms with van der Waals surface area (Å²) in [6.07, 6.45) is 4.43. The number of aliphatic hydroxyl groups excluding tert-OH is 1. The smallest absolute Gasteiger partial charge is 0.252 e. The number of carbonyl (C=O) groups is 2. The number of nitrogens with one attached hydrogen (secondary N) is 2. The van der Waals surface area contributed by atoms with Gasteiger partial charge in [-0.05, 0) is 67.3 Å². The number of benzene rings is 4. The molecule has 2 heterocycles. The highest BCUT2D eigenvalue weighted by Gasteiger charge is 2.19. The number of primary amides is 2. The summed E-state index contributed by atoms with van der Waals surface area (Å²) in [4.78, 5) is 32.6. The number of aliphatic hydroxyl groups is 1. The maximum absolute atomic E-state index is 12.1. The van der Waals surface area contributed by atoms with Gasteiger partial charge in [-0.15, -0.1) is 0 Å². The molecule has 0 aliphatic rings. The van der Waals surface area contributed by atoms with Crippen LogP contribution >= 0.6 is 0 Å². The van der Waals surface area contributed by atoms with Gasteiger partial charge in [0, 0.05) is 46.7 Å². The first kappa shape index (κ1) is 39.6. The highest BCUT2D eigenvalue weighted by atomic mass is 16.5. The van der Waals surface area contributed by atoms with Gasteiger partial charge in [0.1, 0.15) is 0 Å². The van der Waals surface area contributed by atoms with Crippen molar-refractivity contribution in [3.63, 3.8) is 0 Å². The topological polar surface area (TPSA) is 230 Å². The first-order chi connectivity index (χ1) is 26.5. The van der Waals surface area contributed by atoms with Gasteiger partial charge in [-0.2, -0.15) is 0 Å². The number of fused-ring (bicyclic) bond motifs is 2. The molecule has 2 aromatic heterocycles. The lowest BCUT2D eigenvalue weighted by Gasteiger charge is -2.17. The van der Waals surface area contributed by atoms with Crippen LogP contribution in [0, 0.1) is 6.92 Å². The second kappa shape index (κ2) is 17.9. The van der Waals surface area contributed by atoms with Crippen molar-refractivity contribution < 1.29 is 34.0 Å². The van der Waals surface area contributed by atoms with Crippen LogP contribution in [0.1, 0.15) is 50.8 Å². The Bertz CT molecular complexity index is 2350. The summed E-state index contributed by atoms with van der Waals surface area (Å²) in [5.74, 6) is 0.133. The zero-order valence-electron chi connectivity index (χ0n) is 31.1. The molecule has 0 atom stereocenters. The van der Waals surface area contributed by atoms with E-state index in [1.165, 1.54) is 25.6 Å². The van der Waals surface area contributed by atoms with Crippen LogP contribution in [0.3, 0.4) is 0 Å². The number of anilines is 4. The van der Waals surface area contributed by atoms with Gasteiger partial charge in [-0.1, -0.05) is 37.3 Å². The molecule has 14 nitrogen and oxygen atoms in total. The van der Waals surface area contributed by atoms with E-state index in [0.717, 1.165) is 46.3 Å². The van der Waals surface area contributed by atoms with E-state index < -0.39 is 11.8 Å². The quantitative estimate of drug-likeness (QED) is 0.0640. The highest BCUT2D eigenvalue weighted by Crippen LogP contribution is 2.39. The Kier molecular flexibility index (Phi) is 12.9. The van der Waals surface area contributed by atoms with Crippen LogP contribution in [0.4, 0.5) is 22.7 Å². The number of amides is 2. The first-order valence-corrected chi connectivity index (χ1v) is 17.5. The van der Waals surface area contributed by atoms with Crippen LogP contribution in [0.15, 0.2) is 79.1 Å². The number of aromatic nitrogens is 2. The average molecular weight is 748 g/mol. The number of phenolic OH excluding ortho intramolecular Hbond substituents is 1. The molecule has 0 unspecified atom stereocenters. The van der Waals surface area contributed by atoms with Crippen molar-refractivity contribution in [3.8, 4) is 23.0 Å². The predicted octanol–water partition coefficient (Wildman–Crippen LogP) is 5.97. The SMILES string of the molecule is CCc1ccccc1Nc1c(C(N)=O)cnc2cc(OCCCN)c(OC)cc12.COc1cc2c(Nc3cccc(CO)c3C)c(C(N)=O)cnc2cc1O. The number of para-hydroxylation sites is 1. The fourth-order valence-electron chi connectivity index (χ4n) is 5.96. The number of rotatable bonds is 14. The Labute approximate surface area is 318 Å². The molecule has 4 aromatic carbocycles. The maximum Gasteiger partial charge on any atom is 0.252 e. The first-order valence-electron chi connectivity index (χ1n) is 17.5. The lowest BCUT2D eigenvalue weighted by molar-refractivity contribution is 0.0992. The summed E-state index contributed by atoms with van der Waals surface area (Å²) in [6.45, 7) is 4.87. The van der Waals surface area contributed by atoms with Crippen molar-refractivity contribution in [2.75, 3.05) is 38.0 Å². The van der Waals surface area contributed by atoms with Crippen LogP contribution < -0.4 is 42.0 Å². The molecule has 0 radical (unpaired) electrons. The second-order valence-corrected chi connectivity index (χ2v) is 12.4. The van der Waals surface area contributed by atoms with E-state index in [1.54, 1.807) is 25.3 Å². The molecule has 0 aliphatic carbocycles. The van der Waals surface area contributed by atoms with Crippen molar-refractivity contribution in [1.82, 2.24) is 9.97 Å². The Hall–Kier alpha value is -6.64. The van der Waals surface area contributed by atoms with Gasteiger partial charge in [-0.3, -0.25) is 19.6 Å². The molecule has 0 spiro atoms. The molecule has 0 saturated carbocycles. The van der Waals surface area contributed by atoms with E-state index in [4.69, 9.17) is 31.4 Å². The van der Waals surface area contributed by atoms with Gasteiger partial charge < -0.3 is 52.3 Å². The lowest BCUT2D eigenvalue weighted by Crippen LogP contribution is -2.14. The maximum atomic E-state index is 12.1. The normalized spacial score (nSPS) is 10.7. The summed E-state index contributed by atoms with van der Waals surface area (Å²) >= 11 is 0. The number of pyridine rings is 2. The van der Waals surface area contributed by atoms with E-state index in [1.807, 2.05) is 49.4 Å². The van der Waals surface area contributed by atoms with Gasteiger partial charge in [0.15, 0.2) is 23.0 Å². The molecule has 55 heavy (non-hydrogen) atoms. The largest absolute Gasteiger partial charge is 0.504 e. The van der Waals surface area contributed by atoms with Gasteiger partial charge in [0.2, 0.25) is 0 Å². The number of ether oxygens (including phenoxy) is 3. The van der Waals surface area contributed by atoms with Crippen LogP contribution in [-0.2, 0) is 13.0 Å². The fraction of sp³-hybridized carbons (Fsp3) is 0.220. The number of nitrogens with zero attached hydrogens (tertiary/aromatic N) is 2. The second-order valence-electron chi connectivity index (χ2n) is 12.4. The van der Waals surface area contributed by atoms with E-state index in [2.05, 4.69) is 27.5 Å². The van der Waals surface area contributed by atoms with Gasteiger partial charge in [0.25, 0.3) is 11.8 Å². The minimum absolute atomic E-state index is 0.0521. The standard InChI is InChI=1S/C22H26N4O3.C19H19N3O4/c1-3-14-7-4-5-8-17(14)26-21-15-11-19(28-2)20(29-10-6-9-23)12-18(15)25-13-16(21)22(24)27;1-10-11(9-23)4-3-5-14(10)22-18-12-6-17(26-2)16(24)7-15(12)21-8-13(18)19(20)25/h4-5,7-8,11-13H,3,6,9-10,23H2,1-2H3,(H2,24,27)(H,25,26);3-8,23-24H,9H2,1-2H3,(H2,20,25)(H,21,22). The summed E-state index contributed by atoms with van der Waals surface area (Å²) in [5, 5.41) is 27.3. The number of aromatic hydroxyl groups is 1. The molecule has 0 fully saturated rings. The number of aryl methyl sites for hydroxylation is 1. The van der Waals surface area contributed by atoms with Gasteiger partial charge in [-0.25, -0.2) is 0 Å². The molecule has 10 N–H and O–H groups in total. The van der Waals surface area contributed by atoms with Gasteiger partial charge in [0.05, 0.1) is 61.0 Å². The number of hydrogen-bond donors (Lipinski definition) is 7. The number of nitrogens with two attached hydrogens (primary N) is 3. The van der Waals surface area contributed by atoms with Crippen molar-refractivity contribution in [1.29, 1.82) is 0 Å². The number of methoxy groups -OCH3 is 2. The van der Waals surface area contributed by atoms with E-state index in [-0.39, 0.29) is 23.7 Å². The van der Waals surface area contributed by atoms with Crippen molar-refractivity contribution >= 4 is 56.4 Å². The summed E-state index contributed by atoms with van der Waals surface area (Å²) in [7, 11) is 3.01. The molecule has 2 amide bonds. The van der Waals surface area contributed by atoms with Crippen LogP contribution in [0.5, 0.6) is 23.0 Å². The number of phenols is 1. The molecule has 0 aliphatic heterocycles. The molecule has 286 valence electrons. The molecule has 6 rings (SSSR count). The van der Waals surface area contributed by atoms with E-state index in [9.17, 15) is 19.8 Å². The number of carbonyl (C=O) groups excluding carboxylic acids is 2. The monoisotopic (exact) mass is 747 g/mol. The number of hydrogen-bond acceptors (Lipinski definition) is 12. The zero-order chi connectivity index (χ0) is 39.6. The van der Waals surface area contributed by atoms with Crippen molar-refractivity contribution in [2.45, 2.75) is 33.3 Å². The van der Waals surface area contributed by atoms with Crippen molar-refractivity contribution in [2.24, 2.45) is 17.2 Å². The van der Waals surface area contributed by atoms with E-state index >= 15 is 0 Å². The Morgan fingerprint density at radius 1 is 0.764 bits per heavy atom. The summed E-state index contributed by atoms with van der Waals surface area (Å²) in [5.41, 5.74) is 23.8. The van der Waals surface area contributed by atoms with E-state index in [0.29, 0.717) is 58.0 Å². The average Bonchev–Trinajstić information content (AvgIpc) is 3.18. The minimum atomic E-state index is -0.634. The minimum Gasteiger partial charge on any atom is -0.504 e. The molecular formula is C41H45N7O7. The van der Waals surface area contributed by atoms with Crippen LogP contribution in [-0.4, -0.2) is 59.4 Å². The summed E-state index contributed by atoms with van der Waals surface area (Å²) < 4.78 is 16.5. The Balaban J connectivity index is 0.000000212. The molecule has 6 aromatic rings. The summed E-state index contributed by atoms with van der Waals surface area (Å²) in [6, 6.07) is 20.1. The third-order valence-electron chi connectivity index (χ3n) is 8.99. The molecule has 0 saturated heterocycles. The fourth-order valence-corrected chi connectivity index (χ4v) is 5.96. The molecular weight excluding hydrogens is 702 g/mol. The molecule has 14 heteroatoms. The van der Waals surface area contributed by atoms with Crippen LogP contribution in [0.25, 0.3) is 21.8 Å². The predicted molar refractivity (Wildman–Crippen MR) is 214 cm³/mol. The Morgan fingerprint density at radius 2 is 1.33 bits per heavy atom. The van der Waals surface area contributed by atoms with Crippen LogP contribution in [0.2, 0.25) is 0 Å². The third-order valence-corrected chi connectivity index (χ3v) is 8.99. The Morgan fingerprint density at radius 3 is 1.91 bits per heavy atom. The highest BCUT2D eigenvalue weighted by molar-refractivity contribution is 6.09. The van der Waals surface area contributed by atoms with Gasteiger partial charge >= 0.3 is 0 Å². The van der Waals surface area contributed by atoms with Crippen molar-refractivity contribution in [3.05, 3.63) is 107 Å². The zero-order valence-corrected chi connectivity index (χ0v) is 31.1. The molecule has 0 bridgehead atoms. The third kappa shape index (κ3) is 8.78. The lowest BCUT2D eigenvalue weighted by atomic mass is 10.0.